The number of hydrogen-bond acceptors (Lipinski definition) is 5. The topological polar surface area (TPSA) is 101 Å². The molecular formula is C18H20FN5O. The molecule has 1 saturated heterocycles. The summed E-state index contributed by atoms with van der Waals surface area (Å²) in [7, 11) is 0. The van der Waals surface area contributed by atoms with Crippen LogP contribution in [0, 0.1) is 17.1 Å². The van der Waals surface area contributed by atoms with E-state index in [9.17, 15) is 14.4 Å². The first-order chi connectivity index (χ1) is 12.0. The normalized spacial score (nSPS) is 20.2. The molecule has 2 aliphatic rings. The zero-order chi connectivity index (χ0) is 17.7. The largest absolute Gasteiger partial charge is 0.366 e. The Labute approximate surface area is 144 Å². The van der Waals surface area contributed by atoms with Gasteiger partial charge in [0.2, 0.25) is 0 Å². The lowest BCUT2D eigenvalue weighted by Crippen LogP contribution is -2.28. The molecule has 1 unspecified atom stereocenters. The summed E-state index contributed by atoms with van der Waals surface area (Å²) in [5.41, 5.74) is 13.1. The van der Waals surface area contributed by atoms with Gasteiger partial charge in [-0.05, 0) is 30.9 Å². The van der Waals surface area contributed by atoms with E-state index in [4.69, 9.17) is 11.5 Å². The second kappa shape index (κ2) is 5.83. The van der Waals surface area contributed by atoms with Crippen LogP contribution in [0.1, 0.15) is 36.4 Å². The molecule has 0 spiro atoms. The summed E-state index contributed by atoms with van der Waals surface area (Å²) in [5, 5.41) is 10.4. The van der Waals surface area contributed by atoms with E-state index in [1.807, 2.05) is 4.90 Å². The highest BCUT2D eigenvalue weighted by Gasteiger charge is 2.31. The van der Waals surface area contributed by atoms with Crippen LogP contribution in [0.4, 0.5) is 10.1 Å². The summed E-state index contributed by atoms with van der Waals surface area (Å²) < 4.78 is 16.6. The first-order valence-electron chi connectivity index (χ1n) is 8.56. The zero-order valence-corrected chi connectivity index (χ0v) is 13.8. The summed E-state index contributed by atoms with van der Waals surface area (Å²) >= 11 is 0. The Bertz CT molecular complexity index is 957. The molecule has 0 radical (unpaired) electrons. The number of hydrogen-bond donors (Lipinski definition) is 2. The third kappa shape index (κ3) is 2.49. The molecule has 7 heteroatoms. The lowest BCUT2D eigenvalue weighted by molar-refractivity contribution is 0.622. The van der Waals surface area contributed by atoms with Crippen molar-refractivity contribution in [3.8, 4) is 6.07 Å². The molecule has 2 heterocycles. The van der Waals surface area contributed by atoms with Crippen LogP contribution in [0.3, 0.4) is 0 Å². The molecule has 130 valence electrons. The Morgan fingerprint density at radius 3 is 2.64 bits per heavy atom. The molecule has 1 aromatic heterocycles. The SMILES string of the molecule is N#Cc1c(N2CCC(N)C2)c(F)cc2c(CN)cc(=O)n(C3CC3)c12. The summed E-state index contributed by atoms with van der Waals surface area (Å²) in [5.74, 6) is -0.464. The van der Waals surface area contributed by atoms with Crippen LogP contribution in [-0.2, 0) is 6.54 Å². The van der Waals surface area contributed by atoms with E-state index in [0.29, 0.717) is 29.6 Å². The maximum absolute atomic E-state index is 14.9. The second-order valence-corrected chi connectivity index (χ2v) is 6.90. The van der Waals surface area contributed by atoms with Crippen LogP contribution in [0.25, 0.3) is 10.9 Å². The molecule has 0 amide bonds. The number of benzene rings is 1. The van der Waals surface area contributed by atoms with Gasteiger partial charge in [-0.15, -0.1) is 0 Å². The van der Waals surface area contributed by atoms with Crippen molar-refractivity contribution >= 4 is 16.6 Å². The number of nitrogens with two attached hydrogens (primary N) is 2. The average Bonchev–Trinajstić information content (AvgIpc) is 3.34. The van der Waals surface area contributed by atoms with E-state index in [-0.39, 0.29) is 35.4 Å². The van der Waals surface area contributed by atoms with Crippen molar-refractivity contribution in [1.29, 1.82) is 5.26 Å². The Hall–Kier alpha value is -2.43. The van der Waals surface area contributed by atoms with Crippen molar-refractivity contribution in [3.05, 3.63) is 39.4 Å². The van der Waals surface area contributed by atoms with Gasteiger partial charge >= 0.3 is 0 Å². The summed E-state index contributed by atoms with van der Waals surface area (Å²) in [4.78, 5) is 14.4. The molecule has 4 N–H and O–H groups in total. The molecule has 2 fully saturated rings. The van der Waals surface area contributed by atoms with Gasteiger partial charge in [0.05, 0.1) is 11.2 Å². The van der Waals surface area contributed by atoms with Crippen molar-refractivity contribution < 1.29 is 4.39 Å². The predicted molar refractivity (Wildman–Crippen MR) is 93.8 cm³/mol. The lowest BCUT2D eigenvalue weighted by atomic mass is 10.0. The quantitative estimate of drug-likeness (QED) is 0.877. The van der Waals surface area contributed by atoms with Crippen molar-refractivity contribution in [2.75, 3.05) is 18.0 Å². The number of anilines is 1. The number of aromatic nitrogens is 1. The Morgan fingerprint density at radius 2 is 2.08 bits per heavy atom. The number of halogens is 1. The predicted octanol–water partition coefficient (Wildman–Crippen LogP) is 1.34. The van der Waals surface area contributed by atoms with E-state index in [1.54, 1.807) is 4.57 Å². The van der Waals surface area contributed by atoms with Crippen LogP contribution in [0.15, 0.2) is 16.9 Å². The van der Waals surface area contributed by atoms with Crippen LogP contribution >= 0.6 is 0 Å². The van der Waals surface area contributed by atoms with Gasteiger partial charge in [0.25, 0.3) is 5.56 Å². The van der Waals surface area contributed by atoms with Gasteiger partial charge in [-0.25, -0.2) is 4.39 Å². The van der Waals surface area contributed by atoms with E-state index in [2.05, 4.69) is 6.07 Å². The monoisotopic (exact) mass is 341 g/mol. The maximum Gasteiger partial charge on any atom is 0.251 e. The Kier molecular flexibility index (Phi) is 3.74. The number of pyridine rings is 1. The number of nitriles is 1. The Balaban J connectivity index is 2.08. The first kappa shape index (κ1) is 16.1. The fourth-order valence-corrected chi connectivity index (χ4v) is 3.80. The molecule has 2 aromatic rings. The molecule has 1 saturated carbocycles. The number of fused-ring (bicyclic) bond motifs is 1. The fourth-order valence-electron chi connectivity index (χ4n) is 3.80. The standard InChI is InChI=1S/C18H20FN5O/c19-15-6-13-10(7-20)5-16(25)24(12-1-2-12)17(13)14(8-21)18(15)23-4-3-11(22)9-23/h5-6,11-12H,1-4,7,9,20,22H2. The van der Waals surface area contributed by atoms with Crippen LogP contribution in [0.2, 0.25) is 0 Å². The van der Waals surface area contributed by atoms with Crippen molar-refractivity contribution in [3.63, 3.8) is 0 Å². The molecule has 1 aliphatic heterocycles. The fraction of sp³-hybridized carbons (Fsp3) is 0.444. The minimum atomic E-state index is -0.464. The van der Waals surface area contributed by atoms with Crippen LogP contribution in [-0.4, -0.2) is 23.7 Å². The Morgan fingerprint density at radius 1 is 1.32 bits per heavy atom. The molecule has 6 nitrogen and oxygen atoms in total. The molecule has 4 rings (SSSR count). The van der Waals surface area contributed by atoms with Gasteiger partial charge in [0.1, 0.15) is 17.4 Å². The van der Waals surface area contributed by atoms with Crippen molar-refractivity contribution in [2.45, 2.75) is 37.9 Å². The zero-order valence-electron chi connectivity index (χ0n) is 13.8. The lowest BCUT2D eigenvalue weighted by Gasteiger charge is -2.23. The molecule has 1 aromatic carbocycles. The third-order valence-electron chi connectivity index (χ3n) is 5.13. The summed E-state index contributed by atoms with van der Waals surface area (Å²) in [6, 6.07) is 5.06. The van der Waals surface area contributed by atoms with Gasteiger partial charge in [0, 0.05) is 43.2 Å². The molecule has 25 heavy (non-hydrogen) atoms. The molecule has 1 atom stereocenters. The van der Waals surface area contributed by atoms with Gasteiger partial charge in [0.15, 0.2) is 0 Å². The third-order valence-corrected chi connectivity index (χ3v) is 5.13. The smallest absolute Gasteiger partial charge is 0.251 e. The summed E-state index contributed by atoms with van der Waals surface area (Å²) in [6.45, 7) is 1.22. The van der Waals surface area contributed by atoms with Gasteiger partial charge in [-0.3, -0.25) is 4.79 Å². The van der Waals surface area contributed by atoms with Crippen LogP contribution in [0.5, 0.6) is 0 Å². The van der Waals surface area contributed by atoms with Crippen molar-refractivity contribution in [1.82, 2.24) is 4.57 Å². The first-order valence-corrected chi connectivity index (χ1v) is 8.56. The number of nitrogens with zero attached hydrogens (tertiary/aromatic N) is 3. The van der Waals surface area contributed by atoms with Gasteiger partial charge in [-0.2, -0.15) is 5.26 Å². The highest BCUT2D eigenvalue weighted by Crippen LogP contribution is 2.40. The van der Waals surface area contributed by atoms with E-state index < -0.39 is 5.82 Å². The van der Waals surface area contributed by atoms with Crippen molar-refractivity contribution in [2.24, 2.45) is 11.5 Å². The number of rotatable bonds is 3. The second-order valence-electron chi connectivity index (χ2n) is 6.90. The van der Waals surface area contributed by atoms with Gasteiger partial charge < -0.3 is 20.9 Å². The molecular weight excluding hydrogens is 321 g/mol. The minimum Gasteiger partial charge on any atom is -0.366 e. The van der Waals surface area contributed by atoms with E-state index in [0.717, 1.165) is 19.3 Å². The summed E-state index contributed by atoms with van der Waals surface area (Å²) in [6.07, 6.45) is 2.53. The van der Waals surface area contributed by atoms with Crippen LogP contribution < -0.4 is 21.9 Å². The van der Waals surface area contributed by atoms with E-state index >= 15 is 0 Å². The highest BCUT2D eigenvalue weighted by atomic mass is 19.1. The molecule has 0 bridgehead atoms. The average molecular weight is 341 g/mol. The maximum atomic E-state index is 14.9. The van der Waals surface area contributed by atoms with Gasteiger partial charge in [-0.1, -0.05) is 0 Å². The highest BCUT2D eigenvalue weighted by molar-refractivity contribution is 5.93. The van der Waals surface area contributed by atoms with E-state index in [1.165, 1.54) is 12.1 Å². The minimum absolute atomic E-state index is 0.0392. The molecule has 1 aliphatic carbocycles.